The minimum Gasteiger partial charge on any atom is -0.474 e. The van der Waals surface area contributed by atoms with Gasteiger partial charge in [-0.05, 0) is 74.2 Å². The molecule has 2 saturated heterocycles. The first-order valence-electron chi connectivity index (χ1n) is 17.4. The van der Waals surface area contributed by atoms with E-state index in [2.05, 4.69) is 21.7 Å². The predicted molar refractivity (Wildman–Crippen MR) is 184 cm³/mol. The van der Waals surface area contributed by atoms with Crippen LogP contribution in [0.1, 0.15) is 64.7 Å². The van der Waals surface area contributed by atoms with Crippen LogP contribution in [-0.2, 0) is 30.1 Å². The van der Waals surface area contributed by atoms with Crippen LogP contribution in [0.2, 0.25) is 5.02 Å². The van der Waals surface area contributed by atoms with E-state index >= 15 is 4.79 Å². The van der Waals surface area contributed by atoms with Gasteiger partial charge in [0, 0.05) is 74.9 Å². The lowest BCUT2D eigenvalue weighted by atomic mass is 9.79. The number of hydrogen-bond donors (Lipinski definition) is 0. The second-order valence-electron chi connectivity index (χ2n) is 13.5. The molecule has 5 heterocycles. The minimum atomic E-state index is -4.89. The Balaban J connectivity index is 1.40. The molecule has 8 nitrogen and oxygen atoms in total. The van der Waals surface area contributed by atoms with E-state index in [1.165, 1.54) is 10.3 Å². The van der Waals surface area contributed by atoms with Gasteiger partial charge in [0.1, 0.15) is 16.3 Å². The van der Waals surface area contributed by atoms with E-state index in [0.29, 0.717) is 35.7 Å². The Kier molecular flexibility index (Phi) is 11.4. The van der Waals surface area contributed by atoms with Crippen LogP contribution in [0.15, 0.2) is 48.0 Å². The van der Waals surface area contributed by atoms with Gasteiger partial charge in [-0.2, -0.15) is 26.3 Å². The summed E-state index contributed by atoms with van der Waals surface area (Å²) in [6, 6.07) is 6.93. The Labute approximate surface area is 307 Å². The minimum absolute atomic E-state index is 0.00368. The predicted octanol–water partition coefficient (Wildman–Crippen LogP) is 7.26. The summed E-state index contributed by atoms with van der Waals surface area (Å²) in [5, 5.41) is 1.72. The van der Waals surface area contributed by atoms with Gasteiger partial charge in [0.25, 0.3) is 11.8 Å². The zero-order chi connectivity index (χ0) is 37.3. The molecule has 1 aromatic carbocycles. The molecule has 2 fully saturated rings. The van der Waals surface area contributed by atoms with Gasteiger partial charge in [-0.25, -0.2) is 0 Å². The SMILES string of the molecule is CCN1CCN(CCC[C@H]2N(C(=O)c3ncccc3C(F)(F)F)CCC[C@@]2(Oc2csc(C(F)(F)F)c2)C(=O)N2CCc3cc(Cl)ccc3C2)CC1. The van der Waals surface area contributed by atoms with Crippen LogP contribution in [0.4, 0.5) is 26.3 Å². The zero-order valence-corrected chi connectivity index (χ0v) is 30.2. The maximum Gasteiger partial charge on any atom is 0.425 e. The molecule has 3 aliphatic rings. The molecular weight excluding hydrogens is 732 g/mol. The molecule has 52 heavy (non-hydrogen) atoms. The second-order valence-corrected chi connectivity index (χ2v) is 14.8. The van der Waals surface area contributed by atoms with Crippen molar-refractivity contribution in [2.75, 3.05) is 52.4 Å². The molecule has 3 aliphatic heterocycles. The number of nitrogens with zero attached hydrogens (tertiary/aromatic N) is 5. The highest BCUT2D eigenvalue weighted by molar-refractivity contribution is 7.10. The van der Waals surface area contributed by atoms with Crippen molar-refractivity contribution in [3.63, 3.8) is 0 Å². The topological polar surface area (TPSA) is 69.2 Å². The lowest BCUT2D eigenvalue weighted by molar-refractivity contribution is -0.160. The fraction of sp³-hybridized carbons (Fsp3) is 0.528. The quantitative estimate of drug-likeness (QED) is 0.214. The van der Waals surface area contributed by atoms with Crippen molar-refractivity contribution in [2.45, 2.75) is 69.6 Å². The number of rotatable bonds is 9. The Morgan fingerprint density at radius 1 is 0.981 bits per heavy atom. The van der Waals surface area contributed by atoms with Crippen molar-refractivity contribution >= 4 is 34.8 Å². The number of halogens is 7. The highest BCUT2D eigenvalue weighted by atomic mass is 35.5. The van der Waals surface area contributed by atoms with Crippen molar-refractivity contribution in [2.24, 2.45) is 0 Å². The number of fused-ring (bicyclic) bond motifs is 1. The average Bonchev–Trinajstić information content (AvgIpc) is 3.60. The number of likely N-dealkylation sites (tertiary alicyclic amines) is 1. The second kappa shape index (κ2) is 15.5. The Bertz CT molecular complexity index is 1750. The molecule has 0 radical (unpaired) electrons. The number of aromatic nitrogens is 1. The smallest absolute Gasteiger partial charge is 0.425 e. The Hall–Kier alpha value is -3.40. The molecule has 2 atom stereocenters. The van der Waals surface area contributed by atoms with Crippen LogP contribution >= 0.6 is 22.9 Å². The summed E-state index contributed by atoms with van der Waals surface area (Å²) in [4.78, 5) is 39.6. The molecule has 0 spiro atoms. The fourth-order valence-electron chi connectivity index (χ4n) is 7.60. The van der Waals surface area contributed by atoms with Crippen molar-refractivity contribution in [3.8, 4) is 5.75 Å². The molecule has 0 N–H and O–H groups in total. The lowest BCUT2D eigenvalue weighted by Crippen LogP contribution is -2.68. The number of piperazine rings is 1. The molecule has 0 bridgehead atoms. The highest BCUT2D eigenvalue weighted by Crippen LogP contribution is 2.43. The molecule has 0 aliphatic carbocycles. The summed E-state index contributed by atoms with van der Waals surface area (Å²) in [6.07, 6.45) is -7.21. The van der Waals surface area contributed by atoms with E-state index in [1.807, 2.05) is 12.1 Å². The van der Waals surface area contributed by atoms with Gasteiger partial charge in [0.2, 0.25) is 5.60 Å². The molecule has 6 rings (SSSR count). The van der Waals surface area contributed by atoms with Crippen LogP contribution in [0.3, 0.4) is 0 Å². The van der Waals surface area contributed by atoms with Crippen LogP contribution in [0.5, 0.6) is 5.75 Å². The third-order valence-corrected chi connectivity index (χ3v) is 11.5. The number of carbonyl (C=O) groups excluding carboxylic acids is 2. The van der Waals surface area contributed by atoms with E-state index in [1.54, 1.807) is 11.0 Å². The van der Waals surface area contributed by atoms with E-state index in [-0.39, 0.29) is 44.6 Å². The summed E-state index contributed by atoms with van der Waals surface area (Å²) in [6.45, 7) is 7.37. The third kappa shape index (κ3) is 8.22. The number of ether oxygens (including phenoxy) is 1. The monoisotopic (exact) mass is 771 g/mol. The number of thiophene rings is 1. The van der Waals surface area contributed by atoms with Crippen molar-refractivity contribution < 1.29 is 40.7 Å². The van der Waals surface area contributed by atoms with Gasteiger partial charge < -0.3 is 24.3 Å². The molecule has 0 saturated carbocycles. The summed E-state index contributed by atoms with van der Waals surface area (Å²) in [7, 11) is 0. The molecule has 2 aromatic heterocycles. The first-order valence-corrected chi connectivity index (χ1v) is 18.6. The number of benzene rings is 1. The maximum atomic E-state index is 15.0. The summed E-state index contributed by atoms with van der Waals surface area (Å²) in [5.41, 5.74) is -2.14. The number of likely N-dealkylation sites (N-methyl/N-ethyl adjacent to an activating group) is 1. The first-order chi connectivity index (χ1) is 24.7. The number of hydrogen-bond acceptors (Lipinski definition) is 7. The van der Waals surface area contributed by atoms with Crippen LogP contribution in [0.25, 0.3) is 0 Å². The van der Waals surface area contributed by atoms with Gasteiger partial charge in [-0.1, -0.05) is 24.6 Å². The number of amides is 2. The number of carbonyl (C=O) groups is 2. The molecule has 0 unspecified atom stereocenters. The molecular formula is C36H40ClF6N5O3S. The number of alkyl halides is 6. The molecule has 3 aromatic rings. The van der Waals surface area contributed by atoms with Gasteiger partial charge in [0.05, 0.1) is 11.6 Å². The van der Waals surface area contributed by atoms with Crippen molar-refractivity contribution in [1.29, 1.82) is 0 Å². The molecule has 16 heteroatoms. The third-order valence-electron chi connectivity index (χ3n) is 10.3. The largest absolute Gasteiger partial charge is 0.474 e. The van der Waals surface area contributed by atoms with Gasteiger partial charge in [0.15, 0.2) is 0 Å². The van der Waals surface area contributed by atoms with E-state index in [0.717, 1.165) is 68.2 Å². The van der Waals surface area contributed by atoms with E-state index < -0.39 is 51.9 Å². The average molecular weight is 772 g/mol. The summed E-state index contributed by atoms with van der Waals surface area (Å²) in [5.74, 6) is -1.75. The Morgan fingerprint density at radius 2 is 1.73 bits per heavy atom. The number of piperidine rings is 1. The van der Waals surface area contributed by atoms with Gasteiger partial charge in [-0.3, -0.25) is 14.6 Å². The fourth-order valence-corrected chi connectivity index (χ4v) is 8.47. The zero-order valence-electron chi connectivity index (χ0n) is 28.6. The first kappa shape index (κ1) is 38.3. The highest BCUT2D eigenvalue weighted by Gasteiger charge is 2.56. The van der Waals surface area contributed by atoms with Crippen LogP contribution in [-0.4, -0.2) is 100 Å². The van der Waals surface area contributed by atoms with Crippen molar-refractivity contribution in [3.05, 3.63) is 80.3 Å². The maximum absolute atomic E-state index is 15.0. The van der Waals surface area contributed by atoms with Gasteiger partial charge in [-0.15, -0.1) is 11.3 Å². The van der Waals surface area contributed by atoms with Crippen LogP contribution in [0, 0.1) is 0 Å². The van der Waals surface area contributed by atoms with Crippen molar-refractivity contribution in [1.82, 2.24) is 24.6 Å². The summed E-state index contributed by atoms with van der Waals surface area (Å²) < 4.78 is 90.3. The van der Waals surface area contributed by atoms with E-state index in [9.17, 15) is 31.1 Å². The Morgan fingerprint density at radius 3 is 2.42 bits per heavy atom. The molecule has 2 amide bonds. The van der Waals surface area contributed by atoms with Crippen LogP contribution < -0.4 is 4.74 Å². The number of pyridine rings is 1. The summed E-state index contributed by atoms with van der Waals surface area (Å²) >= 11 is 6.64. The normalized spacial score (nSPS) is 22.0. The van der Waals surface area contributed by atoms with Gasteiger partial charge >= 0.3 is 12.4 Å². The standard InChI is InChI=1S/C36H40ClF6N5O3S/c1-2-45-16-18-46(19-17-45)13-4-7-29-34(51-27-21-30(52-23-27)36(41,42)43,33(50)47-15-10-24-20-26(37)9-8-25(24)22-47)11-5-14-48(29)32(49)31-28(35(38,39)40)6-3-12-44-31/h3,6,8-9,12,20-21,23,29H,2,4-5,7,10-11,13-19,22H2,1H3/t29-,34+/m1/s1. The lowest BCUT2D eigenvalue weighted by Gasteiger charge is -2.50. The molecule has 282 valence electrons. The van der Waals surface area contributed by atoms with E-state index in [4.69, 9.17) is 16.3 Å².